The Balaban J connectivity index is 1.45. The minimum atomic E-state index is -0.910. The fourth-order valence-electron chi connectivity index (χ4n) is 3.09. The summed E-state index contributed by atoms with van der Waals surface area (Å²) in [6, 6.07) is 8.58. The largest absolute Gasteiger partial charge is 0.444 e. The van der Waals surface area contributed by atoms with Gasteiger partial charge in [0, 0.05) is 45.3 Å². The number of anilines is 1. The summed E-state index contributed by atoms with van der Waals surface area (Å²) in [6.07, 6.45) is -0.263. The van der Waals surface area contributed by atoms with Gasteiger partial charge in [0.25, 0.3) is 0 Å². The second-order valence-electron chi connectivity index (χ2n) is 8.25. The molecule has 9 heteroatoms. The summed E-state index contributed by atoms with van der Waals surface area (Å²) < 4.78 is 31.6. The Kier molecular flexibility index (Phi) is 6.81. The van der Waals surface area contributed by atoms with Crippen molar-refractivity contribution in [3.05, 3.63) is 53.4 Å². The monoisotopic (exact) mass is 419 g/mol. The van der Waals surface area contributed by atoms with Crippen molar-refractivity contribution in [2.45, 2.75) is 39.5 Å². The molecule has 1 amide bonds. The average Bonchev–Trinajstić information content (AvgIpc) is 2.66. The first-order valence-corrected chi connectivity index (χ1v) is 9.90. The summed E-state index contributed by atoms with van der Waals surface area (Å²) in [5.74, 6) is -1.90. The van der Waals surface area contributed by atoms with Gasteiger partial charge in [-0.15, -0.1) is 0 Å². The molecular formula is C21H27F2N5O2. The Bertz CT molecular complexity index is 842. The molecule has 2 aromatic rings. The summed E-state index contributed by atoms with van der Waals surface area (Å²) >= 11 is 0. The molecule has 7 nitrogen and oxygen atoms in total. The van der Waals surface area contributed by atoms with Crippen LogP contribution in [0.1, 0.15) is 31.9 Å². The lowest BCUT2D eigenvalue weighted by Gasteiger charge is -2.35. The van der Waals surface area contributed by atoms with Gasteiger partial charge < -0.3 is 15.0 Å². The van der Waals surface area contributed by atoms with Gasteiger partial charge in [0.1, 0.15) is 5.60 Å². The van der Waals surface area contributed by atoms with E-state index in [4.69, 9.17) is 4.74 Å². The van der Waals surface area contributed by atoms with E-state index in [1.54, 1.807) is 4.90 Å². The van der Waals surface area contributed by atoms with Crippen LogP contribution in [0.2, 0.25) is 0 Å². The highest BCUT2D eigenvalue weighted by Gasteiger charge is 2.25. The van der Waals surface area contributed by atoms with Crippen LogP contribution >= 0.6 is 0 Å². The van der Waals surface area contributed by atoms with E-state index in [0.29, 0.717) is 25.7 Å². The molecule has 30 heavy (non-hydrogen) atoms. The van der Waals surface area contributed by atoms with Crippen LogP contribution in [0.5, 0.6) is 0 Å². The van der Waals surface area contributed by atoms with Crippen LogP contribution in [-0.4, -0.2) is 57.6 Å². The molecule has 1 fully saturated rings. The van der Waals surface area contributed by atoms with Gasteiger partial charge in [0.15, 0.2) is 0 Å². The Morgan fingerprint density at radius 3 is 2.17 bits per heavy atom. The molecule has 1 saturated heterocycles. The van der Waals surface area contributed by atoms with Crippen molar-refractivity contribution in [3.8, 4) is 0 Å². The predicted octanol–water partition coefficient (Wildman–Crippen LogP) is 3.42. The molecule has 0 aliphatic carbocycles. The minimum Gasteiger partial charge on any atom is -0.444 e. The maximum absolute atomic E-state index is 13.1. The third kappa shape index (κ3) is 6.62. The lowest BCUT2D eigenvalue weighted by atomic mass is 10.1. The van der Waals surface area contributed by atoms with Crippen LogP contribution in [0.25, 0.3) is 0 Å². The molecule has 1 aromatic heterocycles. The Hall–Kier alpha value is -2.81. The Labute approximate surface area is 175 Å². The molecule has 0 radical (unpaired) electrons. The highest BCUT2D eigenvalue weighted by atomic mass is 19.1. The first-order chi connectivity index (χ1) is 14.2. The lowest BCUT2D eigenvalue weighted by Crippen LogP contribution is -2.49. The van der Waals surface area contributed by atoms with E-state index in [0.717, 1.165) is 30.8 Å². The first-order valence-electron chi connectivity index (χ1n) is 9.90. The van der Waals surface area contributed by atoms with E-state index in [9.17, 15) is 13.6 Å². The van der Waals surface area contributed by atoms with Crippen molar-refractivity contribution in [3.63, 3.8) is 0 Å². The zero-order chi connectivity index (χ0) is 21.7. The number of carbonyl (C=O) groups excluding carboxylic acids is 1. The number of nitrogens with one attached hydrogen (secondary N) is 1. The number of amides is 1. The lowest BCUT2D eigenvalue weighted by molar-refractivity contribution is 0.0139. The van der Waals surface area contributed by atoms with Gasteiger partial charge in [-0.25, -0.2) is 4.79 Å². The molecule has 0 bridgehead atoms. The molecule has 0 atom stereocenters. The molecule has 1 aromatic carbocycles. The number of nitrogens with zero attached hydrogens (tertiary/aromatic N) is 4. The molecule has 1 aliphatic rings. The summed E-state index contributed by atoms with van der Waals surface area (Å²) in [5.41, 5.74) is 1.61. The number of hydrogen-bond acceptors (Lipinski definition) is 6. The zero-order valence-corrected chi connectivity index (χ0v) is 17.5. The molecule has 162 valence electrons. The van der Waals surface area contributed by atoms with E-state index >= 15 is 0 Å². The maximum atomic E-state index is 13.1. The van der Waals surface area contributed by atoms with Gasteiger partial charge in [-0.2, -0.15) is 18.7 Å². The number of benzene rings is 1. The Morgan fingerprint density at radius 2 is 1.60 bits per heavy atom. The first kappa shape index (κ1) is 21.9. The van der Waals surface area contributed by atoms with Crippen molar-refractivity contribution in [2.24, 2.45) is 0 Å². The predicted molar refractivity (Wildman–Crippen MR) is 109 cm³/mol. The van der Waals surface area contributed by atoms with Crippen molar-refractivity contribution in [1.29, 1.82) is 0 Å². The topological polar surface area (TPSA) is 70.6 Å². The van der Waals surface area contributed by atoms with Crippen LogP contribution in [0.4, 0.5) is 19.5 Å². The van der Waals surface area contributed by atoms with Crippen LogP contribution in [-0.2, 0) is 17.8 Å². The van der Waals surface area contributed by atoms with Gasteiger partial charge in [-0.3, -0.25) is 4.90 Å². The fourth-order valence-corrected chi connectivity index (χ4v) is 3.09. The molecular weight excluding hydrogens is 392 g/mol. The maximum Gasteiger partial charge on any atom is 0.410 e. The highest BCUT2D eigenvalue weighted by molar-refractivity contribution is 5.68. The summed E-state index contributed by atoms with van der Waals surface area (Å²) in [6.45, 7) is 9.58. The SMILES string of the molecule is CC(C)(C)OC(=O)N1CCN(Cc2ccc(CNc3nc(F)cc(F)n3)cc2)CC1. The Morgan fingerprint density at radius 1 is 1.03 bits per heavy atom. The number of hydrogen-bond donors (Lipinski definition) is 1. The summed E-state index contributed by atoms with van der Waals surface area (Å²) in [4.78, 5) is 23.2. The summed E-state index contributed by atoms with van der Waals surface area (Å²) in [5, 5.41) is 2.81. The number of piperazine rings is 1. The van der Waals surface area contributed by atoms with Crippen molar-refractivity contribution in [1.82, 2.24) is 19.8 Å². The van der Waals surface area contributed by atoms with Crippen LogP contribution in [0.15, 0.2) is 30.3 Å². The average molecular weight is 419 g/mol. The fraction of sp³-hybridized carbons (Fsp3) is 0.476. The number of carbonyl (C=O) groups is 1. The van der Waals surface area contributed by atoms with Crippen molar-refractivity contribution in [2.75, 3.05) is 31.5 Å². The standard InChI is InChI=1S/C21H27F2N5O2/c1-21(2,3)30-20(29)28-10-8-27(9-11-28)14-16-6-4-15(5-7-16)13-24-19-25-17(22)12-18(23)26-19/h4-7,12H,8-11,13-14H2,1-3H3,(H,24,25,26). The number of halogens is 2. The second-order valence-corrected chi connectivity index (χ2v) is 8.25. The normalized spacial score (nSPS) is 15.2. The molecule has 1 aliphatic heterocycles. The molecule has 2 heterocycles. The van der Waals surface area contributed by atoms with Crippen molar-refractivity contribution >= 4 is 12.0 Å². The summed E-state index contributed by atoms with van der Waals surface area (Å²) in [7, 11) is 0. The number of rotatable bonds is 5. The number of ether oxygens (including phenoxy) is 1. The van der Waals surface area contributed by atoms with Gasteiger partial charge in [0.2, 0.25) is 17.8 Å². The van der Waals surface area contributed by atoms with Gasteiger partial charge in [0.05, 0.1) is 0 Å². The van der Waals surface area contributed by atoms with E-state index in [-0.39, 0.29) is 12.0 Å². The smallest absolute Gasteiger partial charge is 0.410 e. The van der Waals surface area contributed by atoms with E-state index < -0.39 is 17.5 Å². The number of aromatic nitrogens is 2. The van der Waals surface area contributed by atoms with Gasteiger partial charge >= 0.3 is 6.09 Å². The van der Waals surface area contributed by atoms with Gasteiger partial charge in [-0.05, 0) is 31.9 Å². The zero-order valence-electron chi connectivity index (χ0n) is 17.5. The van der Waals surface area contributed by atoms with Crippen LogP contribution in [0, 0.1) is 11.9 Å². The van der Waals surface area contributed by atoms with Crippen LogP contribution in [0.3, 0.4) is 0 Å². The third-order valence-electron chi connectivity index (χ3n) is 4.57. The van der Waals surface area contributed by atoms with E-state index in [1.165, 1.54) is 0 Å². The molecule has 0 saturated carbocycles. The van der Waals surface area contributed by atoms with Gasteiger partial charge in [-0.1, -0.05) is 24.3 Å². The second kappa shape index (κ2) is 9.34. The van der Waals surface area contributed by atoms with Crippen molar-refractivity contribution < 1.29 is 18.3 Å². The van der Waals surface area contributed by atoms with E-state index in [2.05, 4.69) is 20.2 Å². The highest BCUT2D eigenvalue weighted by Crippen LogP contribution is 2.14. The molecule has 0 spiro atoms. The quantitative estimate of drug-likeness (QED) is 0.749. The van der Waals surface area contributed by atoms with E-state index in [1.807, 2.05) is 45.0 Å². The molecule has 0 unspecified atom stereocenters. The molecule has 1 N–H and O–H groups in total. The van der Waals surface area contributed by atoms with Crippen LogP contribution < -0.4 is 5.32 Å². The minimum absolute atomic E-state index is 0.0839. The molecule has 3 rings (SSSR count). The third-order valence-corrected chi connectivity index (χ3v) is 4.57.